The van der Waals surface area contributed by atoms with Crippen LogP contribution in [0.25, 0.3) is 0 Å². The second-order valence-electron chi connectivity index (χ2n) is 9.12. The van der Waals surface area contributed by atoms with E-state index in [2.05, 4.69) is 24.0 Å². The van der Waals surface area contributed by atoms with Crippen LogP contribution in [-0.4, -0.2) is 22.4 Å². The first-order chi connectivity index (χ1) is 16.2. The lowest BCUT2D eigenvalue weighted by molar-refractivity contribution is -0.130. The summed E-state index contributed by atoms with van der Waals surface area (Å²) in [6.45, 7) is 5.82. The number of rotatable bonds is 18. The fraction of sp³-hybridized carbons (Fsp3) is 0.586. The molecular formula is C29H44N2O2. The summed E-state index contributed by atoms with van der Waals surface area (Å²) >= 11 is 0. The highest BCUT2D eigenvalue weighted by molar-refractivity contribution is 5.73. The summed E-state index contributed by atoms with van der Waals surface area (Å²) in [5.74, 6) is 0.967. The van der Waals surface area contributed by atoms with Crippen LogP contribution >= 0.6 is 0 Å². The molecule has 0 aliphatic heterocycles. The average Bonchev–Trinajstić information content (AvgIpc) is 2.83. The van der Waals surface area contributed by atoms with Gasteiger partial charge in [0.1, 0.15) is 5.75 Å². The number of ether oxygens (including phenoxy) is 1. The van der Waals surface area contributed by atoms with Crippen molar-refractivity contribution < 1.29 is 9.53 Å². The molecule has 2 rings (SSSR count). The van der Waals surface area contributed by atoms with Crippen molar-refractivity contribution in [3.8, 4) is 5.75 Å². The topological polar surface area (TPSA) is 42.4 Å². The van der Waals surface area contributed by atoms with Gasteiger partial charge in [0.25, 0.3) is 0 Å². The predicted octanol–water partition coefficient (Wildman–Crippen LogP) is 7.71. The number of hydrogen-bond donors (Lipinski definition) is 0. The predicted molar refractivity (Wildman–Crippen MR) is 137 cm³/mol. The summed E-state index contributed by atoms with van der Waals surface area (Å²) in [5.41, 5.74) is 2.14. The minimum atomic E-state index is 0.0613. The molecule has 1 amide bonds. The fourth-order valence-electron chi connectivity index (χ4n) is 4.04. The third kappa shape index (κ3) is 12.5. The Morgan fingerprint density at radius 1 is 0.788 bits per heavy atom. The van der Waals surface area contributed by atoms with Crippen LogP contribution in [0, 0.1) is 0 Å². The zero-order valence-corrected chi connectivity index (χ0v) is 20.9. The van der Waals surface area contributed by atoms with Crippen LogP contribution in [0.15, 0.2) is 48.8 Å². The molecule has 0 atom stereocenters. The van der Waals surface area contributed by atoms with E-state index in [1.54, 1.807) is 13.1 Å². The summed E-state index contributed by atoms with van der Waals surface area (Å²) in [5, 5.41) is 0. The maximum absolute atomic E-state index is 12.1. The van der Waals surface area contributed by atoms with Gasteiger partial charge in [0, 0.05) is 32.4 Å². The normalized spacial score (nSPS) is 10.8. The Balaban J connectivity index is 1.55. The van der Waals surface area contributed by atoms with Crippen LogP contribution in [0.3, 0.4) is 0 Å². The molecule has 0 aliphatic carbocycles. The number of nitrogens with zero attached hydrogens (tertiary/aromatic N) is 2. The molecular weight excluding hydrogens is 408 g/mol. The van der Waals surface area contributed by atoms with Crippen molar-refractivity contribution in [2.45, 2.75) is 104 Å². The third-order valence-electron chi connectivity index (χ3n) is 6.10. The second kappa shape index (κ2) is 17.2. The molecule has 0 saturated heterocycles. The molecule has 0 radical (unpaired) electrons. The quantitative estimate of drug-likeness (QED) is 0.217. The first-order valence-corrected chi connectivity index (χ1v) is 13.0. The van der Waals surface area contributed by atoms with Crippen LogP contribution in [0.1, 0.15) is 102 Å². The van der Waals surface area contributed by atoms with Crippen molar-refractivity contribution in [2.24, 2.45) is 0 Å². The van der Waals surface area contributed by atoms with Crippen LogP contribution in [-0.2, 0) is 17.9 Å². The van der Waals surface area contributed by atoms with Gasteiger partial charge in [-0.2, -0.15) is 0 Å². The summed E-state index contributed by atoms with van der Waals surface area (Å²) in [7, 11) is 0. The first-order valence-electron chi connectivity index (χ1n) is 13.0. The van der Waals surface area contributed by atoms with Gasteiger partial charge >= 0.3 is 0 Å². The van der Waals surface area contributed by atoms with Crippen molar-refractivity contribution in [2.75, 3.05) is 6.61 Å². The molecule has 0 spiro atoms. The van der Waals surface area contributed by atoms with Gasteiger partial charge in [-0.15, -0.1) is 0 Å². The zero-order valence-electron chi connectivity index (χ0n) is 20.9. The Hall–Kier alpha value is -2.36. The molecule has 0 fully saturated rings. The maximum atomic E-state index is 12.1. The largest absolute Gasteiger partial charge is 0.494 e. The second-order valence-corrected chi connectivity index (χ2v) is 9.12. The monoisotopic (exact) mass is 452 g/mol. The molecule has 0 unspecified atom stereocenters. The Labute approximate surface area is 201 Å². The molecule has 1 aromatic heterocycles. The summed E-state index contributed by atoms with van der Waals surface area (Å²) < 4.78 is 5.91. The van der Waals surface area contributed by atoms with Crippen LogP contribution < -0.4 is 4.74 Å². The number of unbranched alkanes of at least 4 members (excludes halogenated alkanes) is 11. The highest BCUT2D eigenvalue weighted by atomic mass is 16.5. The smallest absolute Gasteiger partial charge is 0.220 e. The fourth-order valence-corrected chi connectivity index (χ4v) is 4.04. The molecule has 33 heavy (non-hydrogen) atoms. The molecule has 2 aromatic rings. The van der Waals surface area contributed by atoms with E-state index in [9.17, 15) is 4.79 Å². The molecule has 0 bridgehead atoms. The van der Waals surface area contributed by atoms with E-state index < -0.39 is 0 Å². The molecule has 0 N–H and O–H groups in total. The number of amides is 1. The van der Waals surface area contributed by atoms with Gasteiger partial charge in [-0.25, -0.2) is 0 Å². The van der Waals surface area contributed by atoms with Crippen molar-refractivity contribution in [1.29, 1.82) is 0 Å². The lowest BCUT2D eigenvalue weighted by atomic mass is 10.1. The molecule has 0 aliphatic rings. The molecule has 0 saturated carbocycles. The lowest BCUT2D eigenvalue weighted by Crippen LogP contribution is -2.27. The van der Waals surface area contributed by atoms with Gasteiger partial charge in [-0.1, -0.05) is 95.8 Å². The summed E-state index contributed by atoms with van der Waals surface area (Å²) in [4.78, 5) is 18.0. The minimum Gasteiger partial charge on any atom is -0.494 e. The van der Waals surface area contributed by atoms with Gasteiger partial charge < -0.3 is 9.64 Å². The Bertz CT molecular complexity index is 746. The van der Waals surface area contributed by atoms with Crippen LogP contribution in [0.4, 0.5) is 0 Å². The molecule has 4 heteroatoms. The van der Waals surface area contributed by atoms with Crippen LogP contribution in [0.2, 0.25) is 0 Å². The van der Waals surface area contributed by atoms with Crippen molar-refractivity contribution in [3.05, 3.63) is 59.9 Å². The van der Waals surface area contributed by atoms with E-state index in [0.29, 0.717) is 13.1 Å². The maximum Gasteiger partial charge on any atom is 0.220 e. The van der Waals surface area contributed by atoms with Gasteiger partial charge in [-0.3, -0.25) is 9.78 Å². The Morgan fingerprint density at radius 3 is 1.91 bits per heavy atom. The molecule has 182 valence electrons. The van der Waals surface area contributed by atoms with E-state index in [-0.39, 0.29) is 5.91 Å². The number of carbonyl (C=O) groups excluding carboxylic acids is 1. The van der Waals surface area contributed by atoms with Crippen molar-refractivity contribution >= 4 is 5.91 Å². The number of pyridine rings is 1. The summed E-state index contributed by atoms with van der Waals surface area (Å²) in [6, 6.07) is 12.0. The average molecular weight is 453 g/mol. The van der Waals surface area contributed by atoms with E-state index in [4.69, 9.17) is 4.74 Å². The summed E-state index contributed by atoms with van der Waals surface area (Å²) in [6.07, 6.45) is 19.8. The number of benzene rings is 1. The van der Waals surface area contributed by atoms with E-state index >= 15 is 0 Å². The van der Waals surface area contributed by atoms with Gasteiger partial charge in [-0.05, 0) is 35.7 Å². The van der Waals surface area contributed by atoms with Crippen molar-refractivity contribution in [1.82, 2.24) is 9.88 Å². The van der Waals surface area contributed by atoms with E-state index in [0.717, 1.165) is 29.9 Å². The number of carbonyl (C=O) groups is 1. The number of aromatic nitrogens is 1. The SMILES string of the molecule is CCCCCCCCCCCCCCOc1ccc(CN(Cc2cccnc2)C(C)=O)cc1. The van der Waals surface area contributed by atoms with Crippen LogP contribution in [0.5, 0.6) is 5.75 Å². The zero-order chi connectivity index (χ0) is 23.6. The van der Waals surface area contributed by atoms with Gasteiger partial charge in [0.15, 0.2) is 0 Å². The van der Waals surface area contributed by atoms with Gasteiger partial charge in [0.2, 0.25) is 5.91 Å². The third-order valence-corrected chi connectivity index (χ3v) is 6.10. The minimum absolute atomic E-state index is 0.0613. The first kappa shape index (κ1) is 26.9. The Kier molecular flexibility index (Phi) is 14.0. The lowest BCUT2D eigenvalue weighted by Gasteiger charge is -2.21. The molecule has 1 heterocycles. The molecule has 1 aromatic carbocycles. The van der Waals surface area contributed by atoms with Gasteiger partial charge in [0.05, 0.1) is 6.61 Å². The van der Waals surface area contributed by atoms with Crippen molar-refractivity contribution in [3.63, 3.8) is 0 Å². The van der Waals surface area contributed by atoms with E-state index in [1.807, 2.05) is 35.4 Å². The highest BCUT2D eigenvalue weighted by Gasteiger charge is 2.10. The highest BCUT2D eigenvalue weighted by Crippen LogP contribution is 2.16. The molecule has 4 nitrogen and oxygen atoms in total. The Morgan fingerprint density at radius 2 is 1.36 bits per heavy atom. The number of hydrogen-bond acceptors (Lipinski definition) is 3. The van der Waals surface area contributed by atoms with E-state index in [1.165, 1.54) is 70.6 Å². The standard InChI is InChI=1S/C29H44N2O2/c1-3-4-5-6-7-8-9-10-11-12-13-14-22-33-29-19-17-27(18-20-29)24-31(26(2)32)25-28-16-15-21-30-23-28/h15-21,23H,3-14,22,24-25H2,1-2H3.